The normalized spacial score (nSPS) is 21.2. The third-order valence-electron chi connectivity index (χ3n) is 3.44. The van der Waals surface area contributed by atoms with Gasteiger partial charge in [0.05, 0.1) is 0 Å². The van der Waals surface area contributed by atoms with Gasteiger partial charge in [0, 0.05) is 18.6 Å². The van der Waals surface area contributed by atoms with E-state index in [1.807, 2.05) is 0 Å². The fraction of sp³-hybridized carbons (Fsp3) is 1.00. The molecule has 0 amide bonds. The molecule has 1 rings (SSSR count). The first-order chi connectivity index (χ1) is 6.62. The Morgan fingerprint density at radius 2 is 2.07 bits per heavy atom. The summed E-state index contributed by atoms with van der Waals surface area (Å²) in [5.74, 6) is 1.57. The molecule has 0 radical (unpaired) electrons. The van der Waals surface area contributed by atoms with E-state index >= 15 is 0 Å². The van der Waals surface area contributed by atoms with Gasteiger partial charge in [-0.05, 0) is 24.7 Å². The standard InChI is InChI=1S/C12H25NO/c1-10(2)5-6-12(8-13,9-14)7-11-3-4-11/h10-11,14H,3-9,13H2,1-2H3. The highest BCUT2D eigenvalue weighted by atomic mass is 16.3. The Morgan fingerprint density at radius 1 is 1.43 bits per heavy atom. The second kappa shape index (κ2) is 5.13. The van der Waals surface area contributed by atoms with E-state index in [2.05, 4.69) is 13.8 Å². The van der Waals surface area contributed by atoms with Gasteiger partial charge in [-0.15, -0.1) is 0 Å². The number of nitrogens with two attached hydrogens (primary N) is 1. The van der Waals surface area contributed by atoms with Crippen LogP contribution in [0, 0.1) is 17.3 Å². The van der Waals surface area contributed by atoms with Gasteiger partial charge in [-0.3, -0.25) is 0 Å². The van der Waals surface area contributed by atoms with Crippen molar-refractivity contribution in [2.24, 2.45) is 23.0 Å². The van der Waals surface area contributed by atoms with Crippen molar-refractivity contribution in [1.82, 2.24) is 0 Å². The highest BCUT2D eigenvalue weighted by molar-refractivity contribution is 4.87. The first-order valence-electron chi connectivity index (χ1n) is 5.93. The smallest absolute Gasteiger partial charge is 0.0499 e. The summed E-state index contributed by atoms with van der Waals surface area (Å²) < 4.78 is 0. The zero-order valence-electron chi connectivity index (χ0n) is 9.63. The average molecular weight is 199 g/mol. The zero-order valence-corrected chi connectivity index (χ0v) is 9.63. The molecular weight excluding hydrogens is 174 g/mol. The Labute approximate surface area is 87.9 Å². The predicted molar refractivity (Wildman–Crippen MR) is 60.0 cm³/mol. The van der Waals surface area contributed by atoms with Crippen LogP contribution in [0.5, 0.6) is 0 Å². The van der Waals surface area contributed by atoms with Crippen molar-refractivity contribution >= 4 is 0 Å². The predicted octanol–water partition coefficient (Wildman–Crippen LogP) is 2.16. The lowest BCUT2D eigenvalue weighted by molar-refractivity contribution is 0.1000. The number of aliphatic hydroxyl groups excluding tert-OH is 1. The quantitative estimate of drug-likeness (QED) is 0.660. The van der Waals surface area contributed by atoms with E-state index < -0.39 is 0 Å². The maximum Gasteiger partial charge on any atom is 0.0499 e. The first kappa shape index (κ1) is 12.0. The average Bonchev–Trinajstić information content (AvgIpc) is 2.96. The molecule has 2 nitrogen and oxygen atoms in total. The van der Waals surface area contributed by atoms with Crippen molar-refractivity contribution in [3.8, 4) is 0 Å². The van der Waals surface area contributed by atoms with Crippen LogP contribution in [-0.4, -0.2) is 18.3 Å². The molecule has 1 unspecified atom stereocenters. The summed E-state index contributed by atoms with van der Waals surface area (Å²) in [5.41, 5.74) is 5.85. The SMILES string of the molecule is CC(C)CCC(CN)(CO)CC1CC1. The summed E-state index contributed by atoms with van der Waals surface area (Å²) in [7, 11) is 0. The van der Waals surface area contributed by atoms with E-state index in [1.54, 1.807) is 0 Å². The van der Waals surface area contributed by atoms with Gasteiger partial charge in [0.2, 0.25) is 0 Å². The monoisotopic (exact) mass is 199 g/mol. The lowest BCUT2D eigenvalue weighted by Gasteiger charge is -2.31. The lowest BCUT2D eigenvalue weighted by atomic mass is 9.78. The number of rotatable bonds is 7. The van der Waals surface area contributed by atoms with Crippen molar-refractivity contribution in [2.45, 2.75) is 46.0 Å². The van der Waals surface area contributed by atoms with Crippen LogP contribution in [0.4, 0.5) is 0 Å². The molecule has 1 atom stereocenters. The van der Waals surface area contributed by atoms with Crippen LogP contribution in [-0.2, 0) is 0 Å². The van der Waals surface area contributed by atoms with Crippen LogP contribution < -0.4 is 5.73 Å². The summed E-state index contributed by atoms with van der Waals surface area (Å²) >= 11 is 0. The second-order valence-electron chi connectivity index (χ2n) is 5.44. The summed E-state index contributed by atoms with van der Waals surface area (Å²) in [6.07, 6.45) is 6.12. The molecule has 0 aromatic heterocycles. The molecule has 14 heavy (non-hydrogen) atoms. The number of hydrogen-bond acceptors (Lipinski definition) is 2. The van der Waals surface area contributed by atoms with E-state index in [0.717, 1.165) is 18.8 Å². The molecule has 0 spiro atoms. The van der Waals surface area contributed by atoms with Gasteiger partial charge in [-0.2, -0.15) is 0 Å². The minimum Gasteiger partial charge on any atom is -0.396 e. The fourth-order valence-corrected chi connectivity index (χ4v) is 2.02. The Kier molecular flexibility index (Phi) is 4.39. The molecule has 84 valence electrons. The third kappa shape index (κ3) is 3.58. The molecule has 3 N–H and O–H groups in total. The largest absolute Gasteiger partial charge is 0.396 e. The fourth-order valence-electron chi connectivity index (χ4n) is 2.02. The van der Waals surface area contributed by atoms with Crippen molar-refractivity contribution in [3.05, 3.63) is 0 Å². The van der Waals surface area contributed by atoms with Gasteiger partial charge < -0.3 is 10.8 Å². The van der Waals surface area contributed by atoms with E-state index in [-0.39, 0.29) is 12.0 Å². The molecule has 2 heteroatoms. The third-order valence-corrected chi connectivity index (χ3v) is 3.44. The Morgan fingerprint density at radius 3 is 2.43 bits per heavy atom. The van der Waals surface area contributed by atoms with Crippen LogP contribution in [0.3, 0.4) is 0 Å². The first-order valence-corrected chi connectivity index (χ1v) is 5.93. The number of hydrogen-bond donors (Lipinski definition) is 2. The highest BCUT2D eigenvalue weighted by Crippen LogP contribution is 2.42. The van der Waals surface area contributed by atoms with E-state index in [4.69, 9.17) is 5.73 Å². The van der Waals surface area contributed by atoms with Crippen LogP contribution in [0.25, 0.3) is 0 Å². The zero-order chi connectivity index (χ0) is 10.6. The molecule has 0 heterocycles. The molecule has 1 aliphatic carbocycles. The van der Waals surface area contributed by atoms with Crippen LogP contribution in [0.2, 0.25) is 0 Å². The van der Waals surface area contributed by atoms with Crippen LogP contribution in [0.15, 0.2) is 0 Å². The summed E-state index contributed by atoms with van der Waals surface area (Å²) in [5, 5.41) is 9.49. The summed E-state index contributed by atoms with van der Waals surface area (Å²) in [4.78, 5) is 0. The molecule has 0 aliphatic heterocycles. The van der Waals surface area contributed by atoms with Crippen molar-refractivity contribution < 1.29 is 5.11 Å². The van der Waals surface area contributed by atoms with Crippen molar-refractivity contribution in [1.29, 1.82) is 0 Å². The molecular formula is C12H25NO. The van der Waals surface area contributed by atoms with Gasteiger partial charge in [-0.1, -0.05) is 33.1 Å². The molecule has 1 aliphatic rings. The summed E-state index contributed by atoms with van der Waals surface area (Å²) in [6.45, 7) is 5.38. The molecule has 0 aromatic rings. The highest BCUT2D eigenvalue weighted by Gasteiger charge is 2.35. The van der Waals surface area contributed by atoms with Gasteiger partial charge in [0.15, 0.2) is 0 Å². The number of aliphatic hydroxyl groups is 1. The Balaban J connectivity index is 2.40. The second-order valence-corrected chi connectivity index (χ2v) is 5.44. The Bertz CT molecular complexity index is 160. The van der Waals surface area contributed by atoms with Crippen molar-refractivity contribution in [3.63, 3.8) is 0 Å². The summed E-state index contributed by atoms with van der Waals surface area (Å²) in [6, 6.07) is 0. The molecule has 1 fully saturated rings. The Hall–Kier alpha value is -0.0800. The maximum atomic E-state index is 9.49. The molecule has 1 saturated carbocycles. The maximum absolute atomic E-state index is 9.49. The van der Waals surface area contributed by atoms with Crippen molar-refractivity contribution in [2.75, 3.05) is 13.2 Å². The topological polar surface area (TPSA) is 46.2 Å². The molecule has 0 aromatic carbocycles. The molecule has 0 saturated heterocycles. The van der Waals surface area contributed by atoms with Crippen LogP contribution in [0.1, 0.15) is 46.0 Å². The van der Waals surface area contributed by atoms with E-state index in [1.165, 1.54) is 19.3 Å². The van der Waals surface area contributed by atoms with E-state index in [9.17, 15) is 5.11 Å². The van der Waals surface area contributed by atoms with E-state index in [0.29, 0.717) is 12.5 Å². The molecule has 0 bridgehead atoms. The lowest BCUT2D eigenvalue weighted by Crippen LogP contribution is -2.35. The van der Waals surface area contributed by atoms with Gasteiger partial charge >= 0.3 is 0 Å². The van der Waals surface area contributed by atoms with Gasteiger partial charge in [-0.25, -0.2) is 0 Å². The minimum absolute atomic E-state index is 0.0332. The van der Waals surface area contributed by atoms with Gasteiger partial charge in [0.25, 0.3) is 0 Å². The minimum atomic E-state index is 0.0332. The van der Waals surface area contributed by atoms with Gasteiger partial charge in [0.1, 0.15) is 0 Å². The van der Waals surface area contributed by atoms with Crippen LogP contribution >= 0.6 is 0 Å².